The summed E-state index contributed by atoms with van der Waals surface area (Å²) >= 11 is 0. The maximum absolute atomic E-state index is 14.8. The van der Waals surface area contributed by atoms with E-state index < -0.39 is 29.3 Å². The molecule has 0 aliphatic carbocycles. The summed E-state index contributed by atoms with van der Waals surface area (Å²) in [4.78, 5) is 29.3. The normalized spacial score (nSPS) is 19.7. The van der Waals surface area contributed by atoms with Gasteiger partial charge in [0.1, 0.15) is 24.6 Å². The van der Waals surface area contributed by atoms with Gasteiger partial charge in [-0.3, -0.25) is 9.59 Å². The summed E-state index contributed by atoms with van der Waals surface area (Å²) in [5.41, 5.74) is 0.129. The van der Waals surface area contributed by atoms with Crippen molar-refractivity contribution in [1.29, 1.82) is 0 Å². The number of ether oxygens (including phenoxy) is 4. The number of quaternary nitrogens is 1. The van der Waals surface area contributed by atoms with Crippen molar-refractivity contribution in [1.82, 2.24) is 4.90 Å². The smallest absolute Gasteiger partial charge is 0.295 e. The topological polar surface area (TPSA) is 102 Å². The van der Waals surface area contributed by atoms with Crippen molar-refractivity contribution in [2.75, 3.05) is 53.6 Å². The van der Waals surface area contributed by atoms with Gasteiger partial charge in [0.05, 0.1) is 52.7 Å². The number of rotatable bonds is 9. The number of methoxy groups -OCH3 is 2. The lowest BCUT2D eigenvalue weighted by molar-refractivity contribution is -0.907. The Balaban J connectivity index is 1.81. The van der Waals surface area contributed by atoms with Gasteiger partial charge in [-0.1, -0.05) is 11.8 Å². The van der Waals surface area contributed by atoms with Gasteiger partial charge >= 0.3 is 0 Å². The number of carbonyl (C=O) groups is 2. The van der Waals surface area contributed by atoms with Crippen molar-refractivity contribution < 1.29 is 42.9 Å². The van der Waals surface area contributed by atoms with E-state index in [0.29, 0.717) is 36.8 Å². The quantitative estimate of drug-likeness (QED) is 0.292. The van der Waals surface area contributed by atoms with Gasteiger partial charge in [-0.15, -0.1) is 0 Å². The number of morpholine rings is 1. The van der Waals surface area contributed by atoms with Crippen LogP contribution in [0.3, 0.4) is 0 Å². The van der Waals surface area contributed by atoms with Crippen LogP contribution in [0.1, 0.15) is 31.0 Å². The predicted octanol–water partition coefficient (Wildman–Crippen LogP) is 0.769. The molecule has 0 saturated carbocycles. The van der Waals surface area contributed by atoms with E-state index in [2.05, 4.69) is 0 Å². The Morgan fingerprint density at radius 2 is 1.82 bits per heavy atom. The number of hydrogen-bond donors (Lipinski definition) is 1. The zero-order valence-corrected chi connectivity index (χ0v) is 22.0. The first-order chi connectivity index (χ1) is 18.2. The molecule has 1 amide bonds. The van der Waals surface area contributed by atoms with Crippen LogP contribution in [-0.4, -0.2) is 76.3 Å². The monoisotopic (exact) mass is 528 g/mol. The van der Waals surface area contributed by atoms with Gasteiger partial charge in [0, 0.05) is 11.1 Å². The fourth-order valence-corrected chi connectivity index (χ4v) is 4.81. The van der Waals surface area contributed by atoms with E-state index >= 15 is 0 Å². The molecular weight excluding hydrogens is 495 g/mol. The molecule has 0 spiro atoms. The Kier molecular flexibility index (Phi) is 8.53. The Bertz CT molecular complexity index is 1220. The summed E-state index contributed by atoms with van der Waals surface area (Å²) < 4.78 is 36.6. The molecule has 2 aromatic rings. The molecule has 2 heterocycles. The second-order valence-corrected chi connectivity index (χ2v) is 9.51. The molecular formula is C28H33FN2O7. The average molecular weight is 529 g/mol. The highest BCUT2D eigenvalue weighted by atomic mass is 19.1. The maximum Gasteiger partial charge on any atom is 0.295 e. The minimum Gasteiger partial charge on any atom is -0.872 e. The number of carbonyl (C=O) groups excluding carboxylic acids is 2. The Morgan fingerprint density at radius 3 is 2.45 bits per heavy atom. The Labute approximate surface area is 221 Å². The summed E-state index contributed by atoms with van der Waals surface area (Å²) in [7, 11) is 2.96. The van der Waals surface area contributed by atoms with Gasteiger partial charge in [0.25, 0.3) is 5.91 Å². The maximum atomic E-state index is 14.8. The second kappa shape index (κ2) is 11.8. The molecule has 204 valence electrons. The molecule has 1 N–H and O–H groups in total. The minimum absolute atomic E-state index is 0.00324. The number of hydrogen-bond acceptors (Lipinski definition) is 7. The number of nitrogens with one attached hydrogen (secondary N) is 1. The first-order valence-corrected chi connectivity index (χ1v) is 12.6. The highest BCUT2D eigenvalue weighted by molar-refractivity contribution is 6.46. The third-order valence-corrected chi connectivity index (χ3v) is 6.72. The molecule has 2 fully saturated rings. The third-order valence-electron chi connectivity index (χ3n) is 6.72. The van der Waals surface area contributed by atoms with Crippen LogP contribution in [0.5, 0.6) is 17.2 Å². The van der Waals surface area contributed by atoms with Crippen LogP contribution in [-0.2, 0) is 14.3 Å². The molecule has 10 heteroatoms. The largest absolute Gasteiger partial charge is 0.872 e. The highest BCUT2D eigenvalue weighted by Crippen LogP contribution is 2.43. The minimum atomic E-state index is -1.03. The van der Waals surface area contributed by atoms with E-state index in [-0.39, 0.29) is 29.5 Å². The summed E-state index contributed by atoms with van der Waals surface area (Å²) in [5, 5.41) is 13.7. The summed E-state index contributed by atoms with van der Waals surface area (Å²) in [6.07, 6.45) is -0.262. The lowest BCUT2D eigenvalue weighted by Crippen LogP contribution is -3.14. The number of benzene rings is 2. The van der Waals surface area contributed by atoms with Gasteiger partial charge in [-0.25, -0.2) is 4.39 Å². The standard InChI is InChI=1S/C28H33FN2O7/c1-17(2)38-23-7-5-18(15-21(23)29)26(32)24-25(20-16-19(35-3)6-8-22(20)36-4)31(28(34)27(24)33)10-9-30-11-13-37-14-12-30/h5-8,15-17,25,32H,9-14H2,1-4H3. The van der Waals surface area contributed by atoms with Gasteiger partial charge in [-0.05, 0) is 49.7 Å². The van der Waals surface area contributed by atoms with Crippen molar-refractivity contribution in [2.24, 2.45) is 0 Å². The predicted molar refractivity (Wildman–Crippen MR) is 134 cm³/mol. The Hall–Kier alpha value is -3.63. The Morgan fingerprint density at radius 1 is 1.11 bits per heavy atom. The molecule has 0 bridgehead atoms. The van der Waals surface area contributed by atoms with Crippen molar-refractivity contribution in [3.05, 3.63) is 58.9 Å². The van der Waals surface area contributed by atoms with Crippen molar-refractivity contribution in [2.45, 2.75) is 26.0 Å². The van der Waals surface area contributed by atoms with Crippen LogP contribution in [0.2, 0.25) is 0 Å². The fourth-order valence-electron chi connectivity index (χ4n) is 4.81. The molecule has 38 heavy (non-hydrogen) atoms. The van der Waals surface area contributed by atoms with E-state index in [0.717, 1.165) is 19.2 Å². The SMILES string of the molecule is COc1ccc(OC)c(C2C(=C([O-])c3ccc(OC(C)C)c(F)c3)C(=O)C(=O)N2CC[NH+]2CCOCC2)c1. The molecule has 2 aliphatic rings. The molecule has 4 rings (SSSR count). The highest BCUT2D eigenvalue weighted by Gasteiger charge is 2.45. The molecule has 1 atom stereocenters. The zero-order chi connectivity index (χ0) is 27.4. The van der Waals surface area contributed by atoms with Gasteiger partial charge in [-0.2, -0.15) is 0 Å². The first kappa shape index (κ1) is 27.4. The van der Waals surface area contributed by atoms with Crippen molar-refractivity contribution in [3.8, 4) is 17.2 Å². The van der Waals surface area contributed by atoms with Gasteiger partial charge in [0.2, 0.25) is 5.78 Å². The van der Waals surface area contributed by atoms with Gasteiger partial charge < -0.3 is 33.9 Å². The van der Waals surface area contributed by atoms with Crippen molar-refractivity contribution in [3.63, 3.8) is 0 Å². The van der Waals surface area contributed by atoms with E-state index in [1.807, 2.05) is 0 Å². The first-order valence-electron chi connectivity index (χ1n) is 12.6. The summed E-state index contributed by atoms with van der Waals surface area (Å²) in [6, 6.07) is 7.75. The summed E-state index contributed by atoms with van der Waals surface area (Å²) in [5.74, 6) is -2.30. The van der Waals surface area contributed by atoms with E-state index in [9.17, 15) is 19.1 Å². The lowest BCUT2D eigenvalue weighted by Gasteiger charge is -2.31. The van der Waals surface area contributed by atoms with E-state index in [1.54, 1.807) is 32.0 Å². The van der Waals surface area contributed by atoms with Crippen LogP contribution in [0, 0.1) is 5.82 Å². The number of ketones is 1. The van der Waals surface area contributed by atoms with Crippen molar-refractivity contribution >= 4 is 17.4 Å². The second-order valence-electron chi connectivity index (χ2n) is 9.51. The number of Topliss-reactive ketones (excluding diaryl/α,β-unsaturated/α-hetero) is 1. The molecule has 1 unspecified atom stereocenters. The molecule has 9 nitrogen and oxygen atoms in total. The van der Waals surface area contributed by atoms with Crippen LogP contribution in [0.15, 0.2) is 42.0 Å². The fraction of sp³-hybridized carbons (Fsp3) is 0.429. The number of amides is 1. The third kappa shape index (κ3) is 5.61. The zero-order valence-electron chi connectivity index (χ0n) is 22.0. The molecule has 0 radical (unpaired) electrons. The van der Waals surface area contributed by atoms with Crippen LogP contribution in [0.4, 0.5) is 4.39 Å². The summed E-state index contributed by atoms with van der Waals surface area (Å²) in [6.45, 7) is 7.12. The van der Waals surface area contributed by atoms with Crippen LogP contribution < -0.4 is 24.2 Å². The average Bonchev–Trinajstić information content (AvgIpc) is 3.17. The van der Waals surface area contributed by atoms with E-state index in [1.165, 1.54) is 36.2 Å². The number of nitrogens with zero attached hydrogens (tertiary/aromatic N) is 1. The molecule has 2 aromatic carbocycles. The molecule has 2 saturated heterocycles. The molecule has 0 aromatic heterocycles. The van der Waals surface area contributed by atoms with Gasteiger partial charge in [0.15, 0.2) is 11.6 Å². The van der Waals surface area contributed by atoms with Crippen LogP contribution in [0.25, 0.3) is 5.76 Å². The lowest BCUT2D eigenvalue weighted by atomic mass is 9.94. The number of halogens is 1. The van der Waals surface area contributed by atoms with E-state index in [4.69, 9.17) is 18.9 Å². The number of likely N-dealkylation sites (tertiary alicyclic amines) is 1. The van der Waals surface area contributed by atoms with Crippen LogP contribution >= 0.6 is 0 Å². The molecule has 2 aliphatic heterocycles.